The maximum atomic E-state index is 12.1. The Morgan fingerprint density at radius 1 is 0.971 bits per heavy atom. The fourth-order valence-corrected chi connectivity index (χ4v) is 3.44. The molecule has 2 amide bonds. The molecule has 0 aromatic heterocycles. The molecule has 0 saturated carbocycles. The molecule has 0 radical (unpaired) electrons. The fraction of sp³-hybridized carbons (Fsp3) is 0.125. The average Bonchev–Trinajstić information content (AvgIpc) is 2.81. The Morgan fingerprint density at radius 3 is 2.44 bits per heavy atom. The molecule has 7 nitrogen and oxygen atoms in total. The minimum absolute atomic E-state index is 0.195. The van der Waals surface area contributed by atoms with Crippen LogP contribution >= 0.6 is 34.8 Å². The van der Waals surface area contributed by atoms with Gasteiger partial charge in [-0.25, -0.2) is 5.43 Å². The lowest BCUT2D eigenvalue weighted by Gasteiger charge is -2.14. The molecule has 34 heavy (non-hydrogen) atoms. The molecule has 0 bridgehead atoms. The highest BCUT2D eigenvalue weighted by Gasteiger charge is 2.15. The standard InChI is InChI=1S/C24H20Cl3N3O4/c1-14-7-8-17(11-19(14)26)29-23(31)24(32)30-28-12-15-9-20(27)22(21(10-15)33-2)34-13-16-5-3-4-6-18(16)25/h3-12H,13H2,1-2H3,(H,29,31)(H,30,32)/b28-12-. The molecular formula is C24H20Cl3N3O4. The Kier molecular flexibility index (Phi) is 8.76. The van der Waals surface area contributed by atoms with Crippen LogP contribution in [0.15, 0.2) is 59.7 Å². The van der Waals surface area contributed by atoms with Crippen LogP contribution in [0.25, 0.3) is 0 Å². The normalized spacial score (nSPS) is 10.7. The van der Waals surface area contributed by atoms with Crippen molar-refractivity contribution in [2.45, 2.75) is 13.5 Å². The van der Waals surface area contributed by atoms with E-state index in [0.717, 1.165) is 11.1 Å². The molecule has 0 saturated heterocycles. The highest BCUT2D eigenvalue weighted by Crippen LogP contribution is 2.37. The van der Waals surface area contributed by atoms with E-state index in [1.165, 1.54) is 13.3 Å². The number of methoxy groups -OCH3 is 1. The van der Waals surface area contributed by atoms with E-state index >= 15 is 0 Å². The summed E-state index contributed by atoms with van der Waals surface area (Å²) in [4.78, 5) is 24.1. The SMILES string of the molecule is COc1cc(/C=N\NC(=O)C(=O)Nc2ccc(C)c(Cl)c2)cc(Cl)c1OCc1ccccc1Cl. The number of rotatable bonds is 7. The van der Waals surface area contributed by atoms with Gasteiger partial charge in [0.15, 0.2) is 11.5 Å². The minimum Gasteiger partial charge on any atom is -0.493 e. The van der Waals surface area contributed by atoms with Crippen molar-refractivity contribution in [3.05, 3.63) is 86.4 Å². The largest absolute Gasteiger partial charge is 0.493 e. The van der Waals surface area contributed by atoms with Gasteiger partial charge in [0.05, 0.1) is 18.3 Å². The van der Waals surface area contributed by atoms with Gasteiger partial charge >= 0.3 is 11.8 Å². The summed E-state index contributed by atoms with van der Waals surface area (Å²) in [5.41, 5.74) is 4.70. The average molecular weight is 521 g/mol. The van der Waals surface area contributed by atoms with Crippen LogP contribution in [-0.2, 0) is 16.2 Å². The monoisotopic (exact) mass is 519 g/mol. The smallest absolute Gasteiger partial charge is 0.329 e. The summed E-state index contributed by atoms with van der Waals surface area (Å²) in [5.74, 6) is -1.15. The van der Waals surface area contributed by atoms with Gasteiger partial charge in [0.1, 0.15) is 6.61 Å². The number of halogens is 3. The zero-order valence-electron chi connectivity index (χ0n) is 18.2. The third kappa shape index (κ3) is 6.63. The molecule has 176 valence electrons. The van der Waals surface area contributed by atoms with Gasteiger partial charge in [-0.2, -0.15) is 5.10 Å². The second-order valence-corrected chi connectivity index (χ2v) is 8.25. The van der Waals surface area contributed by atoms with E-state index in [4.69, 9.17) is 44.3 Å². The second-order valence-electron chi connectivity index (χ2n) is 7.03. The predicted molar refractivity (Wildman–Crippen MR) is 134 cm³/mol. The van der Waals surface area contributed by atoms with Crippen LogP contribution in [0.3, 0.4) is 0 Å². The van der Waals surface area contributed by atoms with Crippen LogP contribution in [0.4, 0.5) is 5.69 Å². The Hall–Kier alpha value is -3.26. The third-order valence-electron chi connectivity index (χ3n) is 4.60. The Morgan fingerprint density at radius 2 is 1.74 bits per heavy atom. The van der Waals surface area contributed by atoms with Gasteiger partial charge in [-0.15, -0.1) is 0 Å². The highest BCUT2D eigenvalue weighted by atomic mass is 35.5. The minimum atomic E-state index is -0.953. The number of nitrogens with one attached hydrogen (secondary N) is 2. The molecule has 0 fully saturated rings. The summed E-state index contributed by atoms with van der Waals surface area (Å²) >= 11 is 18.5. The zero-order valence-corrected chi connectivity index (χ0v) is 20.5. The summed E-state index contributed by atoms with van der Waals surface area (Å²) in [7, 11) is 1.47. The van der Waals surface area contributed by atoms with Gasteiger partial charge in [0, 0.05) is 21.3 Å². The number of carbonyl (C=O) groups is 2. The molecule has 0 spiro atoms. The van der Waals surface area contributed by atoms with Crippen LogP contribution in [0, 0.1) is 6.92 Å². The quantitative estimate of drug-likeness (QED) is 0.240. The molecule has 3 aromatic rings. The summed E-state index contributed by atoms with van der Waals surface area (Å²) < 4.78 is 11.2. The zero-order chi connectivity index (χ0) is 24.7. The molecule has 0 aliphatic carbocycles. The van der Waals surface area contributed by atoms with E-state index in [9.17, 15) is 9.59 Å². The first-order valence-corrected chi connectivity index (χ1v) is 11.1. The van der Waals surface area contributed by atoms with Crippen molar-refractivity contribution in [3.8, 4) is 11.5 Å². The summed E-state index contributed by atoms with van der Waals surface area (Å²) in [6.45, 7) is 2.02. The van der Waals surface area contributed by atoms with E-state index in [-0.39, 0.29) is 11.6 Å². The lowest BCUT2D eigenvalue weighted by Crippen LogP contribution is -2.32. The van der Waals surface area contributed by atoms with E-state index in [0.29, 0.717) is 32.8 Å². The van der Waals surface area contributed by atoms with Crippen molar-refractivity contribution in [2.75, 3.05) is 12.4 Å². The lowest BCUT2D eigenvalue weighted by molar-refractivity contribution is -0.136. The number of carbonyl (C=O) groups excluding carboxylic acids is 2. The van der Waals surface area contributed by atoms with Gasteiger partial charge in [0.2, 0.25) is 0 Å². The number of amides is 2. The number of ether oxygens (including phenoxy) is 2. The van der Waals surface area contributed by atoms with Crippen molar-refractivity contribution in [3.63, 3.8) is 0 Å². The van der Waals surface area contributed by atoms with Crippen LogP contribution in [0.1, 0.15) is 16.7 Å². The third-order valence-corrected chi connectivity index (χ3v) is 5.65. The Labute approximate surface area is 211 Å². The van der Waals surface area contributed by atoms with Crippen molar-refractivity contribution in [1.82, 2.24) is 5.43 Å². The topological polar surface area (TPSA) is 89.0 Å². The van der Waals surface area contributed by atoms with Crippen LogP contribution < -0.4 is 20.2 Å². The maximum Gasteiger partial charge on any atom is 0.329 e. The second kappa shape index (κ2) is 11.7. The number of hydrogen-bond donors (Lipinski definition) is 2. The van der Waals surface area contributed by atoms with Crippen LogP contribution in [0.5, 0.6) is 11.5 Å². The van der Waals surface area contributed by atoms with Gasteiger partial charge in [-0.05, 0) is 48.4 Å². The van der Waals surface area contributed by atoms with Gasteiger partial charge in [0.25, 0.3) is 0 Å². The molecular weight excluding hydrogens is 501 g/mol. The first-order chi connectivity index (χ1) is 16.3. The van der Waals surface area contributed by atoms with Crippen LogP contribution in [0.2, 0.25) is 15.1 Å². The van der Waals surface area contributed by atoms with E-state index in [2.05, 4.69) is 15.8 Å². The first kappa shape index (κ1) is 25.4. The molecule has 2 N–H and O–H groups in total. The van der Waals surface area contributed by atoms with Gasteiger partial charge < -0.3 is 14.8 Å². The van der Waals surface area contributed by atoms with Crippen molar-refractivity contribution < 1.29 is 19.1 Å². The first-order valence-electron chi connectivity index (χ1n) is 9.92. The Balaban J connectivity index is 1.63. The molecule has 0 unspecified atom stereocenters. The van der Waals surface area contributed by atoms with Crippen molar-refractivity contribution in [2.24, 2.45) is 5.10 Å². The molecule has 0 atom stereocenters. The van der Waals surface area contributed by atoms with Crippen molar-refractivity contribution in [1.29, 1.82) is 0 Å². The summed E-state index contributed by atoms with van der Waals surface area (Å²) in [6, 6.07) is 15.4. The highest BCUT2D eigenvalue weighted by molar-refractivity contribution is 6.40. The van der Waals surface area contributed by atoms with Gasteiger partial charge in [-0.1, -0.05) is 59.1 Å². The summed E-state index contributed by atoms with van der Waals surface area (Å²) in [5, 5.41) is 7.57. The predicted octanol–water partition coefficient (Wildman–Crippen LogP) is 5.63. The van der Waals surface area contributed by atoms with Gasteiger partial charge in [-0.3, -0.25) is 9.59 Å². The number of aryl methyl sites for hydroxylation is 1. The molecule has 3 rings (SSSR count). The maximum absolute atomic E-state index is 12.1. The number of benzene rings is 3. The summed E-state index contributed by atoms with van der Waals surface area (Å²) in [6.07, 6.45) is 1.32. The van der Waals surface area contributed by atoms with E-state index in [1.807, 2.05) is 25.1 Å². The molecule has 0 aliphatic rings. The Bertz CT molecular complexity index is 1250. The molecule has 10 heteroatoms. The lowest BCUT2D eigenvalue weighted by atomic mass is 10.2. The van der Waals surface area contributed by atoms with Crippen LogP contribution in [-0.4, -0.2) is 25.1 Å². The number of anilines is 1. The fourth-order valence-electron chi connectivity index (χ4n) is 2.79. The number of hydrazone groups is 1. The molecule has 0 heterocycles. The molecule has 3 aromatic carbocycles. The number of hydrogen-bond acceptors (Lipinski definition) is 5. The van der Waals surface area contributed by atoms with E-state index in [1.54, 1.807) is 36.4 Å². The van der Waals surface area contributed by atoms with Crippen molar-refractivity contribution >= 4 is 58.5 Å². The number of nitrogens with zero attached hydrogens (tertiary/aromatic N) is 1. The van der Waals surface area contributed by atoms with E-state index < -0.39 is 11.8 Å². The molecule has 0 aliphatic heterocycles.